The molecule has 6 nitrogen and oxygen atoms in total. The predicted octanol–water partition coefficient (Wildman–Crippen LogP) is 3.77. The van der Waals surface area contributed by atoms with Crippen molar-refractivity contribution >= 4 is 28.3 Å². The number of nitrogens with one attached hydrogen (secondary N) is 2. The van der Waals surface area contributed by atoms with Crippen molar-refractivity contribution in [1.29, 1.82) is 0 Å². The fraction of sp³-hybridized carbons (Fsp3) is 0.500. The molecule has 156 valence electrons. The molecule has 7 heteroatoms. The second kappa shape index (κ2) is 10.5. The number of carbonyl (C=O) groups excluding carboxylic acids is 2. The van der Waals surface area contributed by atoms with E-state index >= 15 is 0 Å². The van der Waals surface area contributed by atoms with E-state index in [1.165, 1.54) is 17.8 Å². The van der Waals surface area contributed by atoms with E-state index in [0.29, 0.717) is 30.1 Å². The van der Waals surface area contributed by atoms with Crippen molar-refractivity contribution in [2.75, 3.05) is 25.0 Å². The van der Waals surface area contributed by atoms with Crippen LogP contribution in [-0.2, 0) is 11.3 Å². The summed E-state index contributed by atoms with van der Waals surface area (Å²) in [5, 5.41) is 8.39. The summed E-state index contributed by atoms with van der Waals surface area (Å²) in [6.07, 6.45) is 2.23. The third-order valence-electron chi connectivity index (χ3n) is 5.03. The summed E-state index contributed by atoms with van der Waals surface area (Å²) in [6, 6.07) is 9.08. The van der Waals surface area contributed by atoms with Crippen LogP contribution in [0, 0.1) is 11.8 Å². The summed E-state index contributed by atoms with van der Waals surface area (Å²) < 4.78 is 0. The summed E-state index contributed by atoms with van der Waals surface area (Å²) in [5.41, 5.74) is 1.64. The minimum Gasteiger partial charge on any atom is -0.352 e. The highest BCUT2D eigenvalue weighted by Crippen LogP contribution is 2.24. The molecule has 1 fully saturated rings. The van der Waals surface area contributed by atoms with Crippen LogP contribution < -0.4 is 10.6 Å². The first-order valence-corrected chi connectivity index (χ1v) is 11.2. The van der Waals surface area contributed by atoms with Gasteiger partial charge in [0.1, 0.15) is 0 Å². The smallest absolute Gasteiger partial charge is 0.251 e. The lowest BCUT2D eigenvalue weighted by molar-refractivity contribution is -0.116. The predicted molar refractivity (Wildman–Crippen MR) is 117 cm³/mol. The maximum Gasteiger partial charge on any atom is 0.251 e. The number of anilines is 1. The summed E-state index contributed by atoms with van der Waals surface area (Å²) in [7, 11) is 0. The van der Waals surface area contributed by atoms with Crippen molar-refractivity contribution in [3.8, 4) is 0 Å². The van der Waals surface area contributed by atoms with Gasteiger partial charge in [0, 0.05) is 43.5 Å². The van der Waals surface area contributed by atoms with E-state index in [-0.39, 0.29) is 11.8 Å². The van der Waals surface area contributed by atoms with Crippen LogP contribution in [0.2, 0.25) is 0 Å². The Bertz CT molecular complexity index is 798. The van der Waals surface area contributed by atoms with Gasteiger partial charge in [-0.15, -0.1) is 11.3 Å². The van der Waals surface area contributed by atoms with Gasteiger partial charge in [-0.05, 0) is 36.8 Å². The molecule has 0 spiro atoms. The van der Waals surface area contributed by atoms with Gasteiger partial charge >= 0.3 is 0 Å². The number of rotatable bonds is 8. The highest BCUT2D eigenvalue weighted by atomic mass is 32.1. The Kier molecular flexibility index (Phi) is 7.77. The second-order valence-corrected chi connectivity index (χ2v) is 8.92. The number of piperidine rings is 1. The summed E-state index contributed by atoms with van der Waals surface area (Å²) in [4.78, 5) is 31.1. The quantitative estimate of drug-likeness (QED) is 0.645. The Balaban J connectivity index is 1.36. The maximum atomic E-state index is 12.1. The van der Waals surface area contributed by atoms with Gasteiger partial charge < -0.3 is 10.6 Å². The third-order valence-corrected chi connectivity index (χ3v) is 5.84. The molecule has 0 aliphatic carbocycles. The molecule has 1 aromatic carbocycles. The molecule has 0 saturated carbocycles. The first-order valence-electron chi connectivity index (χ1n) is 10.3. The van der Waals surface area contributed by atoms with E-state index in [9.17, 15) is 9.59 Å². The fourth-order valence-electron chi connectivity index (χ4n) is 3.91. The highest BCUT2D eigenvalue weighted by molar-refractivity contribution is 7.13. The van der Waals surface area contributed by atoms with E-state index < -0.39 is 0 Å². The number of thiazole rings is 1. The lowest BCUT2D eigenvalue weighted by atomic mass is 9.92. The van der Waals surface area contributed by atoms with Crippen molar-refractivity contribution in [2.45, 2.75) is 39.7 Å². The lowest BCUT2D eigenvalue weighted by Crippen LogP contribution is -2.38. The zero-order valence-corrected chi connectivity index (χ0v) is 18.0. The van der Waals surface area contributed by atoms with Crippen LogP contribution in [0.25, 0.3) is 0 Å². The second-order valence-electron chi connectivity index (χ2n) is 8.06. The number of amides is 2. The van der Waals surface area contributed by atoms with E-state index in [0.717, 1.165) is 37.2 Å². The average molecular weight is 415 g/mol. The van der Waals surface area contributed by atoms with Gasteiger partial charge in [0.25, 0.3) is 5.91 Å². The minimum atomic E-state index is -0.114. The zero-order valence-electron chi connectivity index (χ0n) is 17.2. The molecule has 1 saturated heterocycles. The molecule has 1 aliphatic rings. The van der Waals surface area contributed by atoms with Crippen molar-refractivity contribution in [1.82, 2.24) is 15.2 Å². The molecular weight excluding hydrogens is 384 g/mol. The number of benzene rings is 1. The first-order chi connectivity index (χ1) is 14.0. The molecule has 1 aliphatic heterocycles. The number of hydrogen-bond acceptors (Lipinski definition) is 5. The molecule has 2 aromatic rings. The van der Waals surface area contributed by atoms with Crippen molar-refractivity contribution in [3.05, 3.63) is 47.0 Å². The van der Waals surface area contributed by atoms with Crippen LogP contribution in [0.15, 0.2) is 35.7 Å². The van der Waals surface area contributed by atoms with E-state index in [2.05, 4.69) is 34.4 Å². The molecule has 2 amide bonds. The SMILES string of the molecule is CC1CC(C)CN(Cc2csc(NC(=O)CCCNC(=O)c3ccccc3)n2)C1. The Morgan fingerprint density at radius 3 is 2.62 bits per heavy atom. The molecule has 1 aromatic heterocycles. The largest absolute Gasteiger partial charge is 0.352 e. The van der Waals surface area contributed by atoms with Gasteiger partial charge in [-0.1, -0.05) is 32.0 Å². The maximum absolute atomic E-state index is 12.1. The van der Waals surface area contributed by atoms with Crippen molar-refractivity contribution < 1.29 is 9.59 Å². The van der Waals surface area contributed by atoms with Crippen LogP contribution in [0.5, 0.6) is 0 Å². The molecular formula is C22H30N4O2S. The minimum absolute atomic E-state index is 0.0694. The average Bonchev–Trinajstić information content (AvgIpc) is 3.11. The molecule has 2 heterocycles. The molecule has 29 heavy (non-hydrogen) atoms. The lowest BCUT2D eigenvalue weighted by Gasteiger charge is -2.34. The van der Waals surface area contributed by atoms with Crippen molar-refractivity contribution in [3.63, 3.8) is 0 Å². The Morgan fingerprint density at radius 2 is 1.90 bits per heavy atom. The van der Waals surface area contributed by atoms with Crippen LogP contribution in [0.3, 0.4) is 0 Å². The zero-order chi connectivity index (χ0) is 20.6. The summed E-state index contributed by atoms with van der Waals surface area (Å²) >= 11 is 1.47. The molecule has 0 bridgehead atoms. The molecule has 2 N–H and O–H groups in total. The van der Waals surface area contributed by atoms with E-state index in [1.54, 1.807) is 12.1 Å². The van der Waals surface area contributed by atoms with Gasteiger partial charge in [0.2, 0.25) is 5.91 Å². The van der Waals surface area contributed by atoms with Crippen LogP contribution in [0.1, 0.15) is 49.2 Å². The summed E-state index contributed by atoms with van der Waals surface area (Å²) in [5.74, 6) is 1.26. The molecule has 0 radical (unpaired) electrons. The molecule has 2 unspecified atom stereocenters. The Labute approximate surface area is 176 Å². The standard InChI is InChI=1S/C22H30N4O2S/c1-16-11-17(2)13-26(12-16)14-19-15-29-22(24-19)25-20(27)9-6-10-23-21(28)18-7-4-3-5-8-18/h3-5,7-8,15-17H,6,9-14H2,1-2H3,(H,23,28)(H,24,25,27). The van der Waals surface area contributed by atoms with Crippen LogP contribution in [0.4, 0.5) is 5.13 Å². The topological polar surface area (TPSA) is 74.3 Å². The molecule has 3 rings (SSSR count). The van der Waals surface area contributed by atoms with Crippen molar-refractivity contribution in [2.24, 2.45) is 11.8 Å². The van der Waals surface area contributed by atoms with Crippen LogP contribution in [-0.4, -0.2) is 41.3 Å². The number of carbonyl (C=O) groups is 2. The first kappa shape index (κ1) is 21.5. The number of hydrogen-bond donors (Lipinski definition) is 2. The highest BCUT2D eigenvalue weighted by Gasteiger charge is 2.22. The number of aromatic nitrogens is 1. The number of nitrogens with zero attached hydrogens (tertiary/aromatic N) is 2. The number of likely N-dealkylation sites (tertiary alicyclic amines) is 1. The van der Waals surface area contributed by atoms with Gasteiger partial charge in [0.05, 0.1) is 5.69 Å². The Morgan fingerprint density at radius 1 is 1.17 bits per heavy atom. The van der Waals surface area contributed by atoms with Crippen LogP contribution >= 0.6 is 11.3 Å². The van der Waals surface area contributed by atoms with E-state index in [1.807, 2.05) is 23.6 Å². The fourth-order valence-corrected chi connectivity index (χ4v) is 4.63. The summed E-state index contributed by atoms with van der Waals surface area (Å²) in [6.45, 7) is 8.13. The normalized spacial score (nSPS) is 19.7. The Hall–Kier alpha value is -2.25. The molecule has 2 atom stereocenters. The van der Waals surface area contributed by atoms with Gasteiger partial charge in [-0.3, -0.25) is 14.5 Å². The van der Waals surface area contributed by atoms with Gasteiger partial charge in [-0.25, -0.2) is 4.98 Å². The third kappa shape index (κ3) is 6.94. The van der Waals surface area contributed by atoms with E-state index in [4.69, 9.17) is 0 Å². The monoisotopic (exact) mass is 414 g/mol. The van der Waals surface area contributed by atoms with Gasteiger partial charge in [-0.2, -0.15) is 0 Å². The van der Waals surface area contributed by atoms with Gasteiger partial charge in [0.15, 0.2) is 5.13 Å².